The number of fused-ring (bicyclic) bond motifs is 5. The highest BCUT2D eigenvalue weighted by Crippen LogP contribution is 2.59. The van der Waals surface area contributed by atoms with E-state index in [1.54, 1.807) is 12.2 Å². The Morgan fingerprint density at radius 3 is 2.44 bits per heavy atom. The Balaban J connectivity index is 0.985. The molecule has 7 atom stereocenters. The molecule has 48 heavy (non-hydrogen) atoms. The molecule has 3 heterocycles. The molecule has 5 aliphatic rings. The van der Waals surface area contributed by atoms with Gasteiger partial charge in [0.05, 0.1) is 45.5 Å². The zero-order chi connectivity index (χ0) is 34.6. The number of carbonyl (C=O) groups excluding carboxylic acids is 6. The summed E-state index contributed by atoms with van der Waals surface area (Å²) in [5.41, 5.74) is 0.114. The summed E-state index contributed by atoms with van der Waals surface area (Å²) in [6.45, 7) is 7.92. The number of Topliss-reactive ketones (excluding diaryl/α,β-unsaturated/α-hetero) is 1. The molecule has 3 fully saturated rings. The third kappa shape index (κ3) is 7.39. The SMILES string of the molecule is C[C@@H]1CC2N3CCC4=CC(=O)C=CC4(C)C3C(O)CC2(C)C1C(=O)COC(=O)CCC(=O)NCCOCCOCCN1C(=O)C=CC1=O. The lowest BCUT2D eigenvalue weighted by molar-refractivity contribution is -0.155. The van der Waals surface area contributed by atoms with Crippen LogP contribution < -0.4 is 5.32 Å². The Labute approximate surface area is 280 Å². The number of hydrogen-bond acceptors (Lipinski definition) is 11. The fourth-order valence-electron chi connectivity index (χ4n) is 8.72. The van der Waals surface area contributed by atoms with Gasteiger partial charge in [0.1, 0.15) is 6.61 Å². The van der Waals surface area contributed by atoms with Gasteiger partial charge in [-0.15, -0.1) is 0 Å². The summed E-state index contributed by atoms with van der Waals surface area (Å²) in [6, 6.07) is -0.104. The van der Waals surface area contributed by atoms with Gasteiger partial charge >= 0.3 is 5.97 Å². The van der Waals surface area contributed by atoms with Crippen molar-refractivity contribution in [2.75, 3.05) is 52.7 Å². The summed E-state index contributed by atoms with van der Waals surface area (Å²) >= 11 is 0. The molecule has 2 N–H and O–H groups in total. The van der Waals surface area contributed by atoms with Gasteiger partial charge in [0.2, 0.25) is 5.91 Å². The van der Waals surface area contributed by atoms with Crippen molar-refractivity contribution in [2.45, 2.75) is 71.1 Å². The van der Waals surface area contributed by atoms with Crippen LogP contribution in [0.3, 0.4) is 0 Å². The van der Waals surface area contributed by atoms with Crippen LogP contribution in [0.15, 0.2) is 36.0 Å². The first kappa shape index (κ1) is 35.8. The minimum atomic E-state index is -0.693. The van der Waals surface area contributed by atoms with Crippen molar-refractivity contribution >= 4 is 35.3 Å². The van der Waals surface area contributed by atoms with E-state index in [0.717, 1.165) is 23.3 Å². The van der Waals surface area contributed by atoms with Gasteiger partial charge in [-0.25, -0.2) is 0 Å². The number of nitrogens with zero attached hydrogens (tertiary/aromatic N) is 2. The van der Waals surface area contributed by atoms with Crippen molar-refractivity contribution in [3.8, 4) is 0 Å². The lowest BCUT2D eigenvalue weighted by atomic mass is 9.59. The number of imide groups is 1. The highest BCUT2D eigenvalue weighted by atomic mass is 16.5. The third-order valence-electron chi connectivity index (χ3n) is 10.8. The van der Waals surface area contributed by atoms with Gasteiger partial charge in [-0.1, -0.05) is 32.4 Å². The van der Waals surface area contributed by atoms with Crippen molar-refractivity contribution in [1.29, 1.82) is 0 Å². The average Bonchev–Trinajstić information content (AvgIpc) is 3.50. The van der Waals surface area contributed by atoms with Crippen molar-refractivity contribution in [3.05, 3.63) is 36.0 Å². The Morgan fingerprint density at radius 2 is 1.71 bits per heavy atom. The first-order valence-electron chi connectivity index (χ1n) is 16.9. The van der Waals surface area contributed by atoms with Crippen LogP contribution in [0.1, 0.15) is 52.9 Å². The Morgan fingerprint density at radius 1 is 1.00 bits per heavy atom. The number of rotatable bonds is 15. The zero-order valence-electron chi connectivity index (χ0n) is 28.0. The van der Waals surface area contributed by atoms with Gasteiger partial charge in [-0.2, -0.15) is 0 Å². The van der Waals surface area contributed by atoms with Gasteiger partial charge in [0, 0.05) is 55.1 Å². The van der Waals surface area contributed by atoms with Crippen LogP contribution in [0, 0.1) is 22.7 Å². The molecule has 0 aromatic rings. The standard InChI is InChI=1S/C35H47N3O10/c1-22-18-27-35(3,20-25(40)33-34(2)10-8-24(39)19-23(34)9-12-37(27)33)32(22)26(41)21-48-31(45)7-4-28(42)36-11-14-46-16-17-47-15-13-38-29(43)5-6-30(38)44/h5-6,8,10,19,22,25,27,32-33,40H,4,7,9,11-18,20-21H2,1-3H3,(H,36,42)/t22-,25?,27?,32?,33?,34?,35?/m1/s1. The fraction of sp³-hybridized carbons (Fsp3) is 0.657. The molecule has 2 saturated heterocycles. The summed E-state index contributed by atoms with van der Waals surface area (Å²) in [5, 5.41) is 14.2. The number of aliphatic hydroxyl groups is 1. The number of ketones is 2. The monoisotopic (exact) mass is 669 g/mol. The van der Waals surface area contributed by atoms with Crippen molar-refractivity contribution in [3.63, 3.8) is 0 Å². The number of esters is 1. The second kappa shape index (κ2) is 14.9. The molecule has 262 valence electrons. The van der Waals surface area contributed by atoms with E-state index < -0.39 is 22.9 Å². The summed E-state index contributed by atoms with van der Waals surface area (Å²) in [5.74, 6) is -2.22. The van der Waals surface area contributed by atoms with Crippen LogP contribution in [-0.2, 0) is 43.0 Å². The molecular formula is C35H47N3O10. The molecule has 13 nitrogen and oxygen atoms in total. The van der Waals surface area contributed by atoms with Gasteiger partial charge < -0.3 is 24.6 Å². The molecule has 5 rings (SSSR count). The van der Waals surface area contributed by atoms with E-state index in [2.05, 4.69) is 24.1 Å². The number of carbonyl (C=O) groups is 6. The number of nitrogens with one attached hydrogen (secondary N) is 1. The molecule has 0 aromatic carbocycles. The maximum atomic E-state index is 13.6. The minimum Gasteiger partial charge on any atom is -0.458 e. The molecule has 1 saturated carbocycles. The van der Waals surface area contributed by atoms with E-state index in [1.807, 2.05) is 13.0 Å². The number of piperidine rings is 2. The Bertz CT molecular complexity index is 1390. The molecule has 0 aromatic heterocycles. The highest BCUT2D eigenvalue weighted by molar-refractivity contribution is 6.12. The van der Waals surface area contributed by atoms with Crippen molar-refractivity contribution < 1.29 is 48.1 Å². The van der Waals surface area contributed by atoms with Crippen LogP contribution in [0.2, 0.25) is 0 Å². The molecule has 0 radical (unpaired) electrons. The Kier molecular flexibility index (Phi) is 11.1. The molecule has 3 aliphatic heterocycles. The maximum Gasteiger partial charge on any atom is 0.306 e. The zero-order valence-corrected chi connectivity index (χ0v) is 28.0. The van der Waals surface area contributed by atoms with Crippen LogP contribution in [0.5, 0.6) is 0 Å². The number of aliphatic hydroxyl groups excluding tert-OH is 1. The third-order valence-corrected chi connectivity index (χ3v) is 10.8. The maximum absolute atomic E-state index is 13.6. The first-order valence-corrected chi connectivity index (χ1v) is 16.9. The molecule has 0 bridgehead atoms. The summed E-state index contributed by atoms with van der Waals surface area (Å²) in [6.07, 6.45) is 8.70. The quantitative estimate of drug-likeness (QED) is 0.144. The van der Waals surface area contributed by atoms with E-state index in [-0.39, 0.29) is 112 Å². The van der Waals surface area contributed by atoms with Gasteiger partial charge in [0.15, 0.2) is 11.6 Å². The summed E-state index contributed by atoms with van der Waals surface area (Å²) in [4.78, 5) is 76.6. The predicted octanol–water partition coefficient (Wildman–Crippen LogP) is 0.895. The lowest BCUT2D eigenvalue weighted by Gasteiger charge is -2.60. The van der Waals surface area contributed by atoms with Crippen LogP contribution >= 0.6 is 0 Å². The Hall–Kier alpha value is -3.52. The first-order chi connectivity index (χ1) is 22.8. The van der Waals surface area contributed by atoms with Crippen molar-refractivity contribution in [2.24, 2.45) is 22.7 Å². The predicted molar refractivity (Wildman–Crippen MR) is 171 cm³/mol. The minimum absolute atomic E-state index is 0.0187. The van der Waals surface area contributed by atoms with E-state index in [0.29, 0.717) is 13.0 Å². The molecule has 2 aliphatic carbocycles. The fourth-order valence-corrected chi connectivity index (χ4v) is 8.72. The lowest BCUT2D eigenvalue weighted by Crippen LogP contribution is -2.68. The van der Waals surface area contributed by atoms with Crippen LogP contribution in [-0.4, -0.2) is 121 Å². The van der Waals surface area contributed by atoms with E-state index >= 15 is 0 Å². The molecule has 3 amide bonds. The molecule has 0 spiro atoms. The number of hydrogen-bond donors (Lipinski definition) is 2. The van der Waals surface area contributed by atoms with Crippen LogP contribution in [0.4, 0.5) is 0 Å². The molecule has 13 heteroatoms. The summed E-state index contributed by atoms with van der Waals surface area (Å²) < 4.78 is 16.1. The van der Waals surface area contributed by atoms with Gasteiger partial charge in [0.25, 0.3) is 11.8 Å². The van der Waals surface area contributed by atoms with E-state index in [9.17, 15) is 33.9 Å². The second-order valence-electron chi connectivity index (χ2n) is 14.0. The average molecular weight is 670 g/mol. The van der Waals surface area contributed by atoms with Gasteiger partial charge in [-0.3, -0.25) is 38.6 Å². The van der Waals surface area contributed by atoms with E-state index in [1.165, 1.54) is 12.2 Å². The number of ether oxygens (including phenoxy) is 3. The smallest absolute Gasteiger partial charge is 0.306 e. The number of amides is 3. The molecular weight excluding hydrogens is 622 g/mol. The van der Waals surface area contributed by atoms with Crippen molar-refractivity contribution in [1.82, 2.24) is 15.1 Å². The normalized spacial score (nSPS) is 32.5. The van der Waals surface area contributed by atoms with Gasteiger partial charge in [-0.05, 0) is 42.7 Å². The van der Waals surface area contributed by atoms with Crippen LogP contribution in [0.25, 0.3) is 0 Å². The highest BCUT2D eigenvalue weighted by Gasteiger charge is 2.63. The van der Waals surface area contributed by atoms with E-state index in [4.69, 9.17) is 14.2 Å². The second-order valence-corrected chi connectivity index (χ2v) is 14.0. The topological polar surface area (TPSA) is 169 Å². The largest absolute Gasteiger partial charge is 0.458 e. The summed E-state index contributed by atoms with van der Waals surface area (Å²) in [7, 11) is 0. The molecule has 6 unspecified atom stereocenters. The number of allylic oxidation sites excluding steroid dienone is 2.